The number of nitrogens with zero attached hydrogens (tertiary/aromatic N) is 2. The van der Waals surface area contributed by atoms with Gasteiger partial charge in [-0.1, -0.05) is 72.3 Å². The zero-order valence-electron chi connectivity index (χ0n) is 20.3. The predicted molar refractivity (Wildman–Crippen MR) is 142 cm³/mol. The minimum absolute atomic E-state index is 0.0369. The summed E-state index contributed by atoms with van der Waals surface area (Å²) < 4.78 is 33.7. The molecule has 3 aromatic carbocycles. The normalized spacial score (nSPS) is 14.9. The first kappa shape index (κ1) is 26.4. The number of halogens is 1. The number of amides is 1. The Bertz CT molecular complexity index is 1190. The third kappa shape index (κ3) is 5.98. The summed E-state index contributed by atoms with van der Waals surface area (Å²) >= 11 is 5.97. The number of benzene rings is 3. The van der Waals surface area contributed by atoms with Gasteiger partial charge in [0.05, 0.1) is 17.4 Å². The predicted octanol–water partition coefficient (Wildman–Crippen LogP) is 4.80. The highest BCUT2D eigenvalue weighted by atomic mass is 35.5. The number of carbonyl (C=O) groups excluding carboxylic acids is 1. The lowest BCUT2D eigenvalue weighted by atomic mass is 9.89. The summed E-state index contributed by atoms with van der Waals surface area (Å²) in [5.41, 5.74) is 1.89. The van der Waals surface area contributed by atoms with Crippen molar-refractivity contribution in [2.24, 2.45) is 0 Å². The minimum atomic E-state index is -3.74. The van der Waals surface area contributed by atoms with Crippen molar-refractivity contribution in [1.29, 1.82) is 0 Å². The Morgan fingerprint density at radius 2 is 1.47 bits per heavy atom. The van der Waals surface area contributed by atoms with Crippen molar-refractivity contribution in [1.82, 2.24) is 9.21 Å². The Hall–Kier alpha value is -2.71. The van der Waals surface area contributed by atoms with Crippen LogP contribution >= 0.6 is 11.6 Å². The lowest BCUT2D eigenvalue weighted by Gasteiger charge is -2.39. The standard InChI is InChI=1S/C28H31ClN2O4S/c1-35-21-20-31(36(33,34)26-14-12-24(29)13-15-26)25-16-18-30(19-17-25)28(32)27(22-8-4-2-5-9-22)23-10-6-3-7-11-23/h2-15,25,27H,16-21H2,1H3. The van der Waals surface area contributed by atoms with Crippen LogP contribution in [0.1, 0.15) is 29.9 Å². The summed E-state index contributed by atoms with van der Waals surface area (Å²) in [7, 11) is -2.18. The highest BCUT2D eigenvalue weighted by Crippen LogP contribution is 2.30. The fourth-order valence-electron chi connectivity index (χ4n) is 4.75. The molecule has 0 bridgehead atoms. The molecule has 0 saturated carbocycles. The first-order valence-corrected chi connectivity index (χ1v) is 13.9. The number of carbonyl (C=O) groups is 1. The molecule has 1 saturated heterocycles. The van der Waals surface area contributed by atoms with Crippen LogP contribution in [-0.4, -0.2) is 62.9 Å². The average Bonchev–Trinajstić information content (AvgIpc) is 2.91. The van der Waals surface area contributed by atoms with Gasteiger partial charge in [-0.15, -0.1) is 0 Å². The van der Waals surface area contributed by atoms with E-state index in [-0.39, 0.29) is 30.0 Å². The monoisotopic (exact) mass is 526 g/mol. The Kier molecular flexibility index (Phi) is 8.80. The third-order valence-corrected chi connectivity index (χ3v) is 8.85. The SMILES string of the molecule is COCCN(C1CCN(C(=O)C(c2ccccc2)c2ccccc2)CC1)S(=O)(=O)c1ccc(Cl)cc1. The van der Waals surface area contributed by atoms with Gasteiger partial charge in [0.2, 0.25) is 15.9 Å². The van der Waals surface area contributed by atoms with E-state index in [1.165, 1.54) is 16.4 Å². The molecule has 1 amide bonds. The maximum Gasteiger partial charge on any atom is 0.243 e. The second kappa shape index (κ2) is 12.0. The third-order valence-electron chi connectivity index (χ3n) is 6.63. The van der Waals surface area contributed by atoms with Gasteiger partial charge in [0.15, 0.2) is 0 Å². The van der Waals surface area contributed by atoms with Crippen LogP contribution in [0, 0.1) is 0 Å². The van der Waals surface area contributed by atoms with Gasteiger partial charge in [0.25, 0.3) is 0 Å². The molecule has 4 rings (SSSR count). The molecule has 3 aromatic rings. The lowest BCUT2D eigenvalue weighted by Crippen LogP contribution is -2.50. The van der Waals surface area contributed by atoms with Gasteiger partial charge >= 0.3 is 0 Å². The number of likely N-dealkylation sites (tertiary alicyclic amines) is 1. The highest BCUT2D eigenvalue weighted by Gasteiger charge is 2.36. The van der Waals surface area contributed by atoms with Gasteiger partial charge in [-0.2, -0.15) is 4.31 Å². The summed E-state index contributed by atoms with van der Waals surface area (Å²) in [6, 6.07) is 25.6. The molecule has 1 aliphatic rings. The van der Waals surface area contributed by atoms with Crippen molar-refractivity contribution in [3.63, 3.8) is 0 Å². The lowest BCUT2D eigenvalue weighted by molar-refractivity contribution is -0.133. The van der Waals surface area contributed by atoms with Crippen LogP contribution in [0.2, 0.25) is 5.02 Å². The molecule has 0 aliphatic carbocycles. The van der Waals surface area contributed by atoms with Crippen molar-refractivity contribution in [3.8, 4) is 0 Å². The van der Waals surface area contributed by atoms with E-state index in [1.54, 1.807) is 19.2 Å². The van der Waals surface area contributed by atoms with Crippen LogP contribution in [-0.2, 0) is 19.6 Å². The summed E-state index contributed by atoms with van der Waals surface area (Å²) in [6.07, 6.45) is 1.11. The summed E-state index contributed by atoms with van der Waals surface area (Å²) in [6.45, 7) is 1.51. The first-order chi connectivity index (χ1) is 17.4. The topological polar surface area (TPSA) is 66.9 Å². The zero-order chi connectivity index (χ0) is 25.5. The summed E-state index contributed by atoms with van der Waals surface area (Å²) in [5, 5.41) is 0.482. The Morgan fingerprint density at radius 3 is 1.97 bits per heavy atom. The van der Waals surface area contributed by atoms with Crippen molar-refractivity contribution in [3.05, 3.63) is 101 Å². The molecule has 0 radical (unpaired) electrons. The molecule has 6 nitrogen and oxygen atoms in total. The van der Waals surface area contributed by atoms with Crippen LogP contribution in [0.3, 0.4) is 0 Å². The minimum Gasteiger partial charge on any atom is -0.383 e. The molecule has 0 atom stereocenters. The van der Waals surface area contributed by atoms with E-state index < -0.39 is 15.9 Å². The number of rotatable bonds is 9. The van der Waals surface area contributed by atoms with E-state index in [0.717, 1.165) is 11.1 Å². The zero-order valence-corrected chi connectivity index (χ0v) is 21.9. The number of methoxy groups -OCH3 is 1. The van der Waals surface area contributed by atoms with Crippen LogP contribution in [0.4, 0.5) is 0 Å². The first-order valence-electron chi connectivity index (χ1n) is 12.1. The van der Waals surface area contributed by atoms with Gasteiger partial charge in [0.1, 0.15) is 0 Å². The summed E-state index contributed by atoms with van der Waals surface area (Å²) in [4.78, 5) is 15.8. The van der Waals surface area contributed by atoms with Gasteiger partial charge < -0.3 is 9.64 Å². The van der Waals surface area contributed by atoms with Gasteiger partial charge in [-0.25, -0.2) is 8.42 Å². The highest BCUT2D eigenvalue weighted by molar-refractivity contribution is 7.89. The Labute approximate surface area is 218 Å². The molecule has 0 N–H and O–H groups in total. The van der Waals surface area contributed by atoms with E-state index in [9.17, 15) is 13.2 Å². The molecule has 0 aromatic heterocycles. The van der Waals surface area contributed by atoms with Crippen molar-refractivity contribution < 1.29 is 17.9 Å². The number of ether oxygens (including phenoxy) is 1. The van der Waals surface area contributed by atoms with Crippen molar-refractivity contribution >= 4 is 27.5 Å². The Balaban J connectivity index is 1.52. The van der Waals surface area contributed by atoms with E-state index in [1.807, 2.05) is 65.6 Å². The van der Waals surface area contributed by atoms with Crippen LogP contribution in [0.15, 0.2) is 89.8 Å². The Morgan fingerprint density at radius 1 is 0.944 bits per heavy atom. The summed E-state index contributed by atoms with van der Waals surface area (Å²) in [5.74, 6) is -0.360. The molecule has 0 unspecified atom stereocenters. The smallest absolute Gasteiger partial charge is 0.243 e. The maximum absolute atomic E-state index is 13.8. The average molecular weight is 527 g/mol. The van der Waals surface area contributed by atoms with E-state index >= 15 is 0 Å². The van der Waals surface area contributed by atoms with Gasteiger partial charge in [-0.05, 0) is 48.2 Å². The quantitative estimate of drug-likeness (QED) is 0.401. The molecule has 36 heavy (non-hydrogen) atoms. The second-order valence-electron chi connectivity index (χ2n) is 8.87. The fourth-order valence-corrected chi connectivity index (χ4v) is 6.54. The second-order valence-corrected chi connectivity index (χ2v) is 11.2. The van der Waals surface area contributed by atoms with Crippen LogP contribution < -0.4 is 0 Å². The molecular formula is C28H31ClN2O4S. The van der Waals surface area contributed by atoms with E-state index in [4.69, 9.17) is 16.3 Å². The number of hydrogen-bond donors (Lipinski definition) is 0. The molecule has 8 heteroatoms. The molecular weight excluding hydrogens is 496 g/mol. The molecule has 190 valence electrons. The van der Waals surface area contributed by atoms with Gasteiger partial charge in [0, 0.05) is 37.8 Å². The molecule has 1 fully saturated rings. The maximum atomic E-state index is 13.8. The van der Waals surface area contributed by atoms with Crippen molar-refractivity contribution in [2.45, 2.75) is 29.7 Å². The molecule has 0 spiro atoms. The van der Waals surface area contributed by atoms with Crippen molar-refractivity contribution in [2.75, 3.05) is 33.4 Å². The van der Waals surface area contributed by atoms with Crippen LogP contribution in [0.25, 0.3) is 0 Å². The molecule has 1 heterocycles. The fraction of sp³-hybridized carbons (Fsp3) is 0.321. The number of hydrogen-bond acceptors (Lipinski definition) is 4. The number of sulfonamides is 1. The number of piperidine rings is 1. The largest absolute Gasteiger partial charge is 0.383 e. The van der Waals surface area contributed by atoms with E-state index in [0.29, 0.717) is 31.0 Å². The molecule has 1 aliphatic heterocycles. The van der Waals surface area contributed by atoms with E-state index in [2.05, 4.69) is 0 Å². The van der Waals surface area contributed by atoms with Crippen LogP contribution in [0.5, 0.6) is 0 Å². The van der Waals surface area contributed by atoms with Gasteiger partial charge in [-0.3, -0.25) is 4.79 Å².